The number of hydrogen-bond acceptors (Lipinski definition) is 2. The molecule has 0 saturated carbocycles. The van der Waals surface area contributed by atoms with Crippen molar-refractivity contribution in [3.05, 3.63) is 121 Å². The summed E-state index contributed by atoms with van der Waals surface area (Å²) in [5.41, 5.74) is 6.81. The summed E-state index contributed by atoms with van der Waals surface area (Å²) in [7, 11) is 0. The molecule has 1 N–H and O–H groups in total. The zero-order chi connectivity index (χ0) is 21.3. The van der Waals surface area contributed by atoms with Crippen molar-refractivity contribution < 1.29 is 0 Å². The summed E-state index contributed by atoms with van der Waals surface area (Å²) in [4.78, 5) is 4.60. The monoisotopic (exact) mass is 411 g/mol. The summed E-state index contributed by atoms with van der Waals surface area (Å²) >= 11 is 0. The first kappa shape index (κ1) is 18.4. The molecule has 3 heteroatoms. The van der Waals surface area contributed by atoms with Gasteiger partial charge in [0.2, 0.25) is 0 Å². The first-order valence-electron chi connectivity index (χ1n) is 10.7. The van der Waals surface area contributed by atoms with E-state index in [2.05, 4.69) is 118 Å². The fourth-order valence-corrected chi connectivity index (χ4v) is 4.41. The molecule has 4 aromatic carbocycles. The highest BCUT2D eigenvalue weighted by molar-refractivity contribution is 6.13. The number of anilines is 2. The van der Waals surface area contributed by atoms with Gasteiger partial charge in [0.25, 0.3) is 0 Å². The number of rotatable bonds is 4. The average Bonchev–Trinajstić information content (AvgIpc) is 3.21. The van der Waals surface area contributed by atoms with E-state index in [9.17, 15) is 0 Å². The quantitative estimate of drug-likeness (QED) is 0.324. The number of nitrogens with one attached hydrogen (secondary N) is 1. The zero-order valence-electron chi connectivity index (χ0n) is 17.4. The third-order valence-corrected chi connectivity index (χ3v) is 5.84. The van der Waals surface area contributed by atoms with Crippen LogP contribution in [0.2, 0.25) is 0 Å². The molecule has 32 heavy (non-hydrogen) atoms. The van der Waals surface area contributed by atoms with Gasteiger partial charge in [-0.25, -0.2) is 4.98 Å². The molecule has 2 heterocycles. The normalized spacial score (nSPS) is 11.1. The predicted octanol–water partition coefficient (Wildman–Crippen LogP) is 7.59. The van der Waals surface area contributed by atoms with Crippen LogP contribution in [0, 0.1) is 0 Å². The van der Waals surface area contributed by atoms with E-state index in [4.69, 9.17) is 0 Å². The van der Waals surface area contributed by atoms with Gasteiger partial charge < -0.3 is 9.88 Å². The lowest BCUT2D eigenvalue weighted by atomic mass is 10.1. The molecule has 0 unspecified atom stereocenters. The highest BCUT2D eigenvalue weighted by Crippen LogP contribution is 2.37. The first-order chi connectivity index (χ1) is 15.9. The number of benzene rings is 4. The zero-order valence-corrected chi connectivity index (χ0v) is 17.4. The fourth-order valence-electron chi connectivity index (χ4n) is 4.41. The summed E-state index contributed by atoms with van der Waals surface area (Å²) in [5, 5.41) is 6.05. The summed E-state index contributed by atoms with van der Waals surface area (Å²) in [6.07, 6.45) is 1.86. The molecule has 0 saturated heterocycles. The molecule has 0 atom stereocenters. The lowest BCUT2D eigenvalue weighted by molar-refractivity contribution is 1.18. The summed E-state index contributed by atoms with van der Waals surface area (Å²) in [6, 6.07) is 40.0. The van der Waals surface area contributed by atoms with Gasteiger partial charge in [-0.3, -0.25) is 0 Å². The molecule has 3 nitrogen and oxygen atoms in total. The van der Waals surface area contributed by atoms with E-state index < -0.39 is 0 Å². The van der Waals surface area contributed by atoms with Crippen molar-refractivity contribution in [3.63, 3.8) is 0 Å². The molecule has 6 aromatic rings. The van der Waals surface area contributed by atoms with Gasteiger partial charge in [0.15, 0.2) is 0 Å². The molecule has 0 aliphatic heterocycles. The molecular formula is C29H21N3. The van der Waals surface area contributed by atoms with E-state index in [0.29, 0.717) is 0 Å². The van der Waals surface area contributed by atoms with E-state index in [0.717, 1.165) is 28.3 Å². The maximum absolute atomic E-state index is 4.60. The number of hydrogen-bond donors (Lipinski definition) is 1. The molecular weight excluding hydrogens is 390 g/mol. The number of nitrogens with zero attached hydrogens (tertiary/aromatic N) is 2. The second-order valence-corrected chi connectivity index (χ2v) is 7.81. The van der Waals surface area contributed by atoms with Gasteiger partial charge in [-0.1, -0.05) is 78.9 Å². The van der Waals surface area contributed by atoms with E-state index in [1.807, 2.05) is 18.3 Å². The molecule has 0 radical (unpaired) electrons. The van der Waals surface area contributed by atoms with Crippen molar-refractivity contribution >= 4 is 33.3 Å². The maximum atomic E-state index is 4.60. The Morgan fingerprint density at radius 2 is 1.31 bits per heavy atom. The standard InChI is InChI=1S/C29H21N3/c1-3-10-21(11-4-1)22-18-19-30-28(20-22)31-26-16-9-15-25-24-14-7-8-17-27(24)32(29(25)26)23-12-5-2-6-13-23/h1-20H,(H,30,31). The largest absolute Gasteiger partial charge is 0.338 e. The number of para-hydroxylation sites is 3. The van der Waals surface area contributed by atoms with Gasteiger partial charge in [-0.05, 0) is 47.5 Å². The third kappa shape index (κ3) is 3.12. The smallest absolute Gasteiger partial charge is 0.130 e. The van der Waals surface area contributed by atoms with Crippen LogP contribution in [0.4, 0.5) is 11.5 Å². The Labute approximate surface area is 186 Å². The van der Waals surface area contributed by atoms with Gasteiger partial charge in [0.1, 0.15) is 5.82 Å². The minimum atomic E-state index is 0.823. The van der Waals surface area contributed by atoms with Crippen LogP contribution in [-0.4, -0.2) is 9.55 Å². The van der Waals surface area contributed by atoms with Crippen LogP contribution >= 0.6 is 0 Å². The fraction of sp³-hybridized carbons (Fsp3) is 0. The molecule has 0 spiro atoms. The van der Waals surface area contributed by atoms with Crippen LogP contribution in [0.15, 0.2) is 121 Å². The Morgan fingerprint density at radius 1 is 0.594 bits per heavy atom. The summed E-state index contributed by atoms with van der Waals surface area (Å²) in [6.45, 7) is 0. The predicted molar refractivity (Wildman–Crippen MR) is 134 cm³/mol. The summed E-state index contributed by atoms with van der Waals surface area (Å²) in [5.74, 6) is 0.823. The van der Waals surface area contributed by atoms with E-state index >= 15 is 0 Å². The Kier molecular flexibility index (Phi) is 4.43. The second kappa shape index (κ2) is 7.71. The number of pyridine rings is 1. The molecule has 2 aromatic heterocycles. The molecule has 0 amide bonds. The highest BCUT2D eigenvalue weighted by atomic mass is 15.0. The Hall–Kier alpha value is -4.37. The van der Waals surface area contributed by atoms with Crippen molar-refractivity contribution in [2.24, 2.45) is 0 Å². The third-order valence-electron chi connectivity index (χ3n) is 5.84. The Morgan fingerprint density at radius 3 is 2.16 bits per heavy atom. The van der Waals surface area contributed by atoms with Crippen molar-refractivity contribution in [3.8, 4) is 16.8 Å². The molecule has 0 fully saturated rings. The Bertz CT molecular complexity index is 1530. The van der Waals surface area contributed by atoms with Crippen LogP contribution in [0.5, 0.6) is 0 Å². The van der Waals surface area contributed by atoms with Crippen LogP contribution in [0.1, 0.15) is 0 Å². The van der Waals surface area contributed by atoms with Crippen LogP contribution in [-0.2, 0) is 0 Å². The lowest BCUT2D eigenvalue weighted by Gasteiger charge is -2.13. The number of fused-ring (bicyclic) bond motifs is 3. The molecule has 0 bridgehead atoms. The minimum Gasteiger partial charge on any atom is -0.338 e. The average molecular weight is 412 g/mol. The SMILES string of the molecule is c1ccc(-c2ccnc(Nc3cccc4c5ccccc5n(-c5ccccc5)c34)c2)cc1. The van der Waals surface area contributed by atoms with E-state index in [1.165, 1.54) is 21.9 Å². The molecule has 6 rings (SSSR count). The van der Waals surface area contributed by atoms with Gasteiger partial charge in [-0.2, -0.15) is 0 Å². The summed E-state index contributed by atoms with van der Waals surface area (Å²) < 4.78 is 2.33. The number of aromatic nitrogens is 2. The van der Waals surface area contributed by atoms with Crippen molar-refractivity contribution in [1.29, 1.82) is 0 Å². The van der Waals surface area contributed by atoms with E-state index in [-0.39, 0.29) is 0 Å². The van der Waals surface area contributed by atoms with Gasteiger partial charge >= 0.3 is 0 Å². The van der Waals surface area contributed by atoms with Crippen LogP contribution in [0.3, 0.4) is 0 Å². The first-order valence-corrected chi connectivity index (χ1v) is 10.7. The molecule has 0 aliphatic carbocycles. The van der Waals surface area contributed by atoms with Crippen molar-refractivity contribution in [1.82, 2.24) is 9.55 Å². The highest BCUT2D eigenvalue weighted by Gasteiger charge is 2.15. The topological polar surface area (TPSA) is 29.9 Å². The van der Waals surface area contributed by atoms with Gasteiger partial charge in [-0.15, -0.1) is 0 Å². The van der Waals surface area contributed by atoms with E-state index in [1.54, 1.807) is 0 Å². The van der Waals surface area contributed by atoms with Crippen molar-refractivity contribution in [2.45, 2.75) is 0 Å². The molecule has 0 aliphatic rings. The van der Waals surface area contributed by atoms with Crippen LogP contribution in [0.25, 0.3) is 38.6 Å². The van der Waals surface area contributed by atoms with Gasteiger partial charge in [0.05, 0.1) is 16.7 Å². The second-order valence-electron chi connectivity index (χ2n) is 7.81. The minimum absolute atomic E-state index is 0.823. The lowest BCUT2D eigenvalue weighted by Crippen LogP contribution is -1.99. The maximum Gasteiger partial charge on any atom is 0.130 e. The van der Waals surface area contributed by atoms with Crippen molar-refractivity contribution in [2.75, 3.05) is 5.32 Å². The Balaban J connectivity index is 1.54. The molecule has 152 valence electrons. The van der Waals surface area contributed by atoms with Gasteiger partial charge in [0, 0.05) is 22.7 Å². The van der Waals surface area contributed by atoms with Crippen LogP contribution < -0.4 is 5.32 Å².